The molecule has 0 fully saturated rings. The fourth-order valence-electron chi connectivity index (χ4n) is 3.39. The van der Waals surface area contributed by atoms with Crippen molar-refractivity contribution in [1.82, 2.24) is 9.71 Å². The maximum Gasteiger partial charge on any atom is 0.256 e. The molecule has 0 saturated heterocycles. The molecule has 1 amide bonds. The minimum atomic E-state index is -3.71. The van der Waals surface area contributed by atoms with Gasteiger partial charge in [0.1, 0.15) is 0 Å². The van der Waals surface area contributed by atoms with Crippen LogP contribution < -0.4 is 10.0 Å². The molecule has 0 radical (unpaired) electrons. The minimum absolute atomic E-state index is 0.0979. The number of para-hydroxylation sites is 1. The highest BCUT2D eigenvalue weighted by Gasteiger charge is 2.23. The van der Waals surface area contributed by atoms with E-state index in [2.05, 4.69) is 15.0 Å². The number of hydrogen-bond acceptors (Lipinski definition) is 4. The molecule has 0 aliphatic carbocycles. The van der Waals surface area contributed by atoms with E-state index in [0.717, 1.165) is 22.2 Å². The standard InChI is InChI=1S/C23H27N3O3S/c1-6-19-15(2)21(18-12-7-8-13-20(18)25-19)22(27)24-16-10-9-11-17(14-16)30(28,29)26-23(3,4)5/h7-14,26H,6H2,1-5H3,(H,24,27). The third-order valence-electron chi connectivity index (χ3n) is 4.64. The summed E-state index contributed by atoms with van der Waals surface area (Å²) in [5.74, 6) is -0.292. The van der Waals surface area contributed by atoms with Gasteiger partial charge in [-0.2, -0.15) is 0 Å². The van der Waals surface area contributed by atoms with Crippen LogP contribution in [0.25, 0.3) is 10.9 Å². The van der Waals surface area contributed by atoms with Crippen LogP contribution in [0.2, 0.25) is 0 Å². The van der Waals surface area contributed by atoms with E-state index in [9.17, 15) is 13.2 Å². The maximum absolute atomic E-state index is 13.2. The van der Waals surface area contributed by atoms with Crippen molar-refractivity contribution in [2.45, 2.75) is 51.5 Å². The van der Waals surface area contributed by atoms with Crippen molar-refractivity contribution in [3.05, 3.63) is 65.4 Å². The van der Waals surface area contributed by atoms with Gasteiger partial charge in [-0.15, -0.1) is 0 Å². The predicted octanol–water partition coefficient (Wildman–Crippen LogP) is 4.43. The topological polar surface area (TPSA) is 88.2 Å². The van der Waals surface area contributed by atoms with Crippen LogP contribution in [-0.4, -0.2) is 24.8 Å². The summed E-state index contributed by atoms with van der Waals surface area (Å²) in [7, 11) is -3.71. The highest BCUT2D eigenvalue weighted by atomic mass is 32.2. The molecule has 30 heavy (non-hydrogen) atoms. The summed E-state index contributed by atoms with van der Waals surface area (Å²) >= 11 is 0. The van der Waals surface area contributed by atoms with Crippen LogP contribution in [0.5, 0.6) is 0 Å². The zero-order valence-electron chi connectivity index (χ0n) is 17.9. The fourth-order valence-corrected chi connectivity index (χ4v) is 4.86. The number of anilines is 1. The lowest BCUT2D eigenvalue weighted by Crippen LogP contribution is -2.40. The highest BCUT2D eigenvalue weighted by Crippen LogP contribution is 2.25. The first-order chi connectivity index (χ1) is 14.0. The van der Waals surface area contributed by atoms with E-state index in [1.807, 2.05) is 38.1 Å². The number of amides is 1. The van der Waals surface area contributed by atoms with Crippen LogP contribution in [-0.2, 0) is 16.4 Å². The lowest BCUT2D eigenvalue weighted by Gasteiger charge is -2.20. The van der Waals surface area contributed by atoms with Gasteiger partial charge in [0.25, 0.3) is 5.91 Å². The molecule has 3 aromatic rings. The quantitative estimate of drug-likeness (QED) is 0.633. The first-order valence-corrected chi connectivity index (χ1v) is 11.3. The first kappa shape index (κ1) is 21.9. The molecule has 0 saturated carbocycles. The maximum atomic E-state index is 13.2. The van der Waals surface area contributed by atoms with Crippen LogP contribution in [0.4, 0.5) is 5.69 Å². The Morgan fingerprint density at radius 2 is 1.77 bits per heavy atom. The summed E-state index contributed by atoms with van der Waals surface area (Å²) in [5, 5.41) is 3.63. The number of aromatic nitrogens is 1. The molecule has 7 heteroatoms. The lowest BCUT2D eigenvalue weighted by molar-refractivity contribution is 0.102. The third-order valence-corrected chi connectivity index (χ3v) is 6.40. The van der Waals surface area contributed by atoms with Crippen molar-refractivity contribution in [2.75, 3.05) is 5.32 Å². The highest BCUT2D eigenvalue weighted by molar-refractivity contribution is 7.89. The van der Waals surface area contributed by atoms with Crippen LogP contribution in [0.15, 0.2) is 53.4 Å². The zero-order chi connectivity index (χ0) is 22.1. The third kappa shape index (κ3) is 4.68. The van der Waals surface area contributed by atoms with Gasteiger partial charge in [-0.05, 0) is 63.9 Å². The Kier molecular flexibility index (Phi) is 5.97. The van der Waals surface area contributed by atoms with E-state index >= 15 is 0 Å². The van der Waals surface area contributed by atoms with E-state index in [-0.39, 0.29) is 10.8 Å². The van der Waals surface area contributed by atoms with Gasteiger partial charge < -0.3 is 5.32 Å². The van der Waals surface area contributed by atoms with Crippen molar-refractivity contribution in [3.8, 4) is 0 Å². The molecule has 0 aliphatic rings. The monoisotopic (exact) mass is 425 g/mol. The molecular formula is C23H27N3O3S. The van der Waals surface area contributed by atoms with Gasteiger partial charge in [-0.3, -0.25) is 9.78 Å². The Bertz CT molecular complexity index is 1210. The number of carbonyl (C=O) groups is 1. The molecule has 0 unspecified atom stereocenters. The second kappa shape index (κ2) is 8.16. The summed E-state index contributed by atoms with van der Waals surface area (Å²) < 4.78 is 27.9. The van der Waals surface area contributed by atoms with Crippen LogP contribution in [0.3, 0.4) is 0 Å². The zero-order valence-corrected chi connectivity index (χ0v) is 18.7. The number of hydrogen-bond donors (Lipinski definition) is 2. The summed E-state index contributed by atoms with van der Waals surface area (Å²) in [6.45, 7) is 9.22. The molecule has 0 aliphatic heterocycles. The second-order valence-corrected chi connectivity index (χ2v) is 9.95. The van der Waals surface area contributed by atoms with Crippen LogP contribution in [0.1, 0.15) is 49.3 Å². The van der Waals surface area contributed by atoms with Gasteiger partial charge in [0.2, 0.25) is 10.0 Å². The van der Waals surface area contributed by atoms with Gasteiger partial charge >= 0.3 is 0 Å². The number of carbonyl (C=O) groups excluding carboxylic acids is 1. The second-order valence-electron chi connectivity index (χ2n) is 8.27. The summed E-state index contributed by atoms with van der Waals surface area (Å²) in [6, 6.07) is 13.8. The van der Waals surface area contributed by atoms with Gasteiger partial charge in [0.15, 0.2) is 0 Å². The number of benzene rings is 2. The Hall–Kier alpha value is -2.77. The number of nitrogens with one attached hydrogen (secondary N) is 2. The minimum Gasteiger partial charge on any atom is -0.322 e. The van der Waals surface area contributed by atoms with Crippen molar-refractivity contribution in [3.63, 3.8) is 0 Å². The molecule has 3 rings (SSSR count). The van der Waals surface area contributed by atoms with E-state index in [4.69, 9.17) is 0 Å². The van der Waals surface area contributed by atoms with E-state index in [0.29, 0.717) is 17.7 Å². The number of fused-ring (bicyclic) bond motifs is 1. The normalized spacial score (nSPS) is 12.2. The largest absolute Gasteiger partial charge is 0.322 e. The van der Waals surface area contributed by atoms with Gasteiger partial charge in [-0.1, -0.05) is 31.2 Å². The molecular weight excluding hydrogens is 398 g/mol. The fraction of sp³-hybridized carbons (Fsp3) is 0.304. The summed E-state index contributed by atoms with van der Waals surface area (Å²) in [6.07, 6.45) is 0.711. The molecule has 2 aromatic carbocycles. The number of aryl methyl sites for hydroxylation is 1. The Labute approximate surface area is 177 Å². The number of pyridine rings is 1. The number of sulfonamides is 1. The van der Waals surface area contributed by atoms with E-state index in [1.54, 1.807) is 32.9 Å². The molecule has 158 valence electrons. The van der Waals surface area contributed by atoms with Crippen LogP contribution in [0, 0.1) is 6.92 Å². The molecule has 6 nitrogen and oxygen atoms in total. The molecule has 0 bridgehead atoms. The Morgan fingerprint density at radius 3 is 2.43 bits per heavy atom. The molecule has 0 atom stereocenters. The Balaban J connectivity index is 1.99. The Morgan fingerprint density at radius 1 is 1.07 bits per heavy atom. The van der Waals surface area contributed by atoms with Gasteiger partial charge in [0, 0.05) is 22.3 Å². The van der Waals surface area contributed by atoms with Gasteiger partial charge in [-0.25, -0.2) is 13.1 Å². The molecule has 0 spiro atoms. The average molecular weight is 426 g/mol. The molecule has 1 heterocycles. The van der Waals surface area contributed by atoms with Crippen molar-refractivity contribution in [2.24, 2.45) is 0 Å². The molecule has 1 aromatic heterocycles. The lowest BCUT2D eigenvalue weighted by atomic mass is 9.99. The average Bonchev–Trinajstić information content (AvgIpc) is 2.65. The predicted molar refractivity (Wildman–Crippen MR) is 120 cm³/mol. The SMILES string of the molecule is CCc1nc2ccccc2c(C(=O)Nc2cccc(S(=O)(=O)NC(C)(C)C)c2)c1C. The molecule has 2 N–H and O–H groups in total. The first-order valence-electron chi connectivity index (χ1n) is 9.85. The summed E-state index contributed by atoms with van der Waals surface area (Å²) in [4.78, 5) is 18.0. The smallest absolute Gasteiger partial charge is 0.256 e. The van der Waals surface area contributed by atoms with Crippen molar-refractivity contribution in [1.29, 1.82) is 0 Å². The summed E-state index contributed by atoms with van der Waals surface area (Å²) in [5.41, 5.74) is 2.81. The van der Waals surface area contributed by atoms with E-state index < -0.39 is 15.6 Å². The number of nitrogens with zero attached hydrogens (tertiary/aromatic N) is 1. The van der Waals surface area contributed by atoms with Crippen molar-refractivity contribution < 1.29 is 13.2 Å². The van der Waals surface area contributed by atoms with Gasteiger partial charge in [0.05, 0.1) is 16.0 Å². The van der Waals surface area contributed by atoms with E-state index in [1.165, 1.54) is 12.1 Å². The number of rotatable bonds is 5. The van der Waals surface area contributed by atoms with Crippen molar-refractivity contribution >= 4 is 32.5 Å². The van der Waals surface area contributed by atoms with Crippen LogP contribution >= 0.6 is 0 Å².